The van der Waals surface area contributed by atoms with Crippen molar-refractivity contribution in [2.24, 2.45) is 0 Å². The highest BCUT2D eigenvalue weighted by atomic mass is 35.5. The molecular formula is C24H23ClO6. The molecule has 0 bridgehead atoms. The zero-order valence-electron chi connectivity index (χ0n) is 16.7. The fraction of sp³-hybridized carbons (Fsp3) is 0.250. The minimum absolute atomic E-state index is 0.0299. The fourth-order valence-electron chi connectivity index (χ4n) is 3.14. The van der Waals surface area contributed by atoms with Crippen molar-refractivity contribution in [3.05, 3.63) is 95.6 Å². The van der Waals surface area contributed by atoms with Gasteiger partial charge in [0.15, 0.2) is 5.60 Å². The van der Waals surface area contributed by atoms with Crippen LogP contribution in [0, 0.1) is 0 Å². The lowest BCUT2D eigenvalue weighted by Gasteiger charge is -2.33. The van der Waals surface area contributed by atoms with Crippen LogP contribution in [0.2, 0.25) is 0 Å². The van der Waals surface area contributed by atoms with Gasteiger partial charge in [0.2, 0.25) is 5.60 Å². The lowest BCUT2D eigenvalue weighted by molar-refractivity contribution is -0.162. The molecule has 0 saturated carbocycles. The highest BCUT2D eigenvalue weighted by molar-refractivity contribution is 6.18. The van der Waals surface area contributed by atoms with E-state index in [0.717, 1.165) is 29.4 Å². The van der Waals surface area contributed by atoms with Crippen LogP contribution in [0.25, 0.3) is 0 Å². The van der Waals surface area contributed by atoms with Crippen molar-refractivity contribution in [1.82, 2.24) is 0 Å². The maximum absolute atomic E-state index is 12.7. The Hall–Kier alpha value is -2.93. The van der Waals surface area contributed by atoms with Gasteiger partial charge >= 0.3 is 11.9 Å². The van der Waals surface area contributed by atoms with Gasteiger partial charge in [0, 0.05) is 5.88 Å². The number of ether oxygens (including phenoxy) is 2. The van der Waals surface area contributed by atoms with Crippen molar-refractivity contribution < 1.29 is 29.3 Å². The SMILES string of the molecule is O=C(OCc1ccccc1)C1(O)C=CC(O)(C(=O)OCc2ccccc2)C(CCCl)=C1. The summed E-state index contributed by atoms with van der Waals surface area (Å²) in [6.45, 7) is -0.0642. The van der Waals surface area contributed by atoms with Gasteiger partial charge < -0.3 is 19.7 Å². The number of rotatable bonds is 8. The quantitative estimate of drug-likeness (QED) is 0.371. The Kier molecular flexibility index (Phi) is 7.28. The molecule has 0 aromatic heterocycles. The topological polar surface area (TPSA) is 93.1 Å². The zero-order valence-corrected chi connectivity index (χ0v) is 17.5. The van der Waals surface area contributed by atoms with Gasteiger partial charge in [-0.15, -0.1) is 11.6 Å². The molecule has 1 aliphatic carbocycles. The molecule has 0 spiro atoms. The largest absolute Gasteiger partial charge is 0.458 e. The van der Waals surface area contributed by atoms with E-state index in [1.54, 1.807) is 48.5 Å². The van der Waals surface area contributed by atoms with Crippen LogP contribution in [-0.2, 0) is 32.3 Å². The smallest absolute Gasteiger partial charge is 0.347 e. The number of benzene rings is 2. The van der Waals surface area contributed by atoms with E-state index in [1.807, 2.05) is 12.1 Å². The van der Waals surface area contributed by atoms with Crippen LogP contribution in [-0.4, -0.2) is 39.2 Å². The van der Waals surface area contributed by atoms with Gasteiger partial charge in [0.1, 0.15) is 13.2 Å². The van der Waals surface area contributed by atoms with E-state index in [1.165, 1.54) is 0 Å². The van der Waals surface area contributed by atoms with E-state index in [4.69, 9.17) is 21.1 Å². The first kappa shape index (κ1) is 22.7. The number of esters is 2. The molecule has 0 aliphatic heterocycles. The van der Waals surface area contributed by atoms with Crippen LogP contribution in [0.3, 0.4) is 0 Å². The summed E-state index contributed by atoms with van der Waals surface area (Å²) in [6, 6.07) is 18.0. The predicted octanol–water partition coefficient (Wildman–Crippen LogP) is 3.06. The van der Waals surface area contributed by atoms with Crippen LogP contribution < -0.4 is 0 Å². The van der Waals surface area contributed by atoms with Crippen molar-refractivity contribution in [2.45, 2.75) is 30.8 Å². The van der Waals surface area contributed by atoms with E-state index in [0.29, 0.717) is 0 Å². The Morgan fingerprint density at radius 2 is 1.32 bits per heavy atom. The second kappa shape index (κ2) is 9.92. The first-order valence-electron chi connectivity index (χ1n) is 9.73. The molecule has 0 heterocycles. The highest BCUT2D eigenvalue weighted by Gasteiger charge is 2.47. The molecule has 0 amide bonds. The minimum Gasteiger partial charge on any atom is -0.458 e. The summed E-state index contributed by atoms with van der Waals surface area (Å²) in [7, 11) is 0. The molecule has 31 heavy (non-hydrogen) atoms. The summed E-state index contributed by atoms with van der Waals surface area (Å²) in [5.74, 6) is -1.80. The van der Waals surface area contributed by atoms with E-state index in [9.17, 15) is 19.8 Å². The first-order valence-corrected chi connectivity index (χ1v) is 10.3. The number of carbonyl (C=O) groups excluding carboxylic acids is 2. The minimum atomic E-state index is -2.14. The standard InChI is InChI=1S/C24H23ClO6/c25-14-11-20-15-23(28,21(26)30-16-18-7-3-1-4-8-18)12-13-24(20,29)22(27)31-17-19-9-5-2-6-10-19/h1-10,12-13,15,28-29H,11,14,16-17H2. The number of carbonyl (C=O) groups is 2. The molecule has 0 fully saturated rings. The van der Waals surface area contributed by atoms with Crippen molar-refractivity contribution in [3.8, 4) is 0 Å². The summed E-state index contributed by atoms with van der Waals surface area (Å²) in [5, 5.41) is 21.8. The molecule has 2 aromatic carbocycles. The van der Waals surface area contributed by atoms with Gasteiger partial charge in [-0.25, -0.2) is 9.59 Å². The molecule has 2 N–H and O–H groups in total. The Morgan fingerprint density at radius 3 is 1.84 bits per heavy atom. The molecule has 7 heteroatoms. The summed E-state index contributed by atoms with van der Waals surface area (Å²) >= 11 is 5.83. The van der Waals surface area contributed by atoms with Gasteiger partial charge in [-0.2, -0.15) is 0 Å². The average Bonchev–Trinajstić information content (AvgIpc) is 2.80. The van der Waals surface area contributed by atoms with Gasteiger partial charge in [-0.05, 0) is 41.3 Å². The summed E-state index contributed by atoms with van der Waals surface area (Å²) in [6.07, 6.45) is 3.23. The van der Waals surface area contributed by atoms with Crippen LogP contribution in [0.5, 0.6) is 0 Å². The molecule has 0 saturated heterocycles. The van der Waals surface area contributed by atoms with E-state index < -0.39 is 23.1 Å². The van der Waals surface area contributed by atoms with Crippen molar-refractivity contribution in [3.63, 3.8) is 0 Å². The van der Waals surface area contributed by atoms with E-state index >= 15 is 0 Å². The Morgan fingerprint density at radius 1 is 0.806 bits per heavy atom. The maximum Gasteiger partial charge on any atom is 0.347 e. The highest BCUT2D eigenvalue weighted by Crippen LogP contribution is 2.33. The molecule has 2 aromatic rings. The second-order valence-electron chi connectivity index (χ2n) is 7.16. The Balaban J connectivity index is 1.73. The molecule has 2 atom stereocenters. The van der Waals surface area contributed by atoms with E-state index in [2.05, 4.69) is 0 Å². The predicted molar refractivity (Wildman–Crippen MR) is 115 cm³/mol. The summed E-state index contributed by atoms with van der Waals surface area (Å²) in [4.78, 5) is 25.2. The second-order valence-corrected chi connectivity index (χ2v) is 7.54. The van der Waals surface area contributed by atoms with Crippen molar-refractivity contribution in [1.29, 1.82) is 0 Å². The normalized spacial score (nSPS) is 22.5. The van der Waals surface area contributed by atoms with E-state index in [-0.39, 0.29) is 31.1 Å². The number of halogens is 1. The number of hydrogen-bond acceptors (Lipinski definition) is 6. The third-order valence-electron chi connectivity index (χ3n) is 4.89. The zero-order chi connectivity index (χ0) is 22.3. The lowest BCUT2D eigenvalue weighted by Crippen LogP contribution is -2.47. The van der Waals surface area contributed by atoms with Crippen molar-refractivity contribution >= 4 is 23.5 Å². The molecule has 3 rings (SSSR count). The molecule has 6 nitrogen and oxygen atoms in total. The average molecular weight is 443 g/mol. The van der Waals surface area contributed by atoms with Crippen LogP contribution in [0.15, 0.2) is 84.5 Å². The Bertz CT molecular complexity index is 972. The van der Waals surface area contributed by atoms with Crippen LogP contribution in [0.4, 0.5) is 0 Å². The fourth-order valence-corrected chi connectivity index (χ4v) is 3.34. The number of aliphatic hydroxyl groups is 2. The molecular weight excluding hydrogens is 420 g/mol. The monoisotopic (exact) mass is 442 g/mol. The first-order chi connectivity index (χ1) is 14.9. The van der Waals surface area contributed by atoms with Gasteiger partial charge in [-0.3, -0.25) is 0 Å². The van der Waals surface area contributed by atoms with Crippen molar-refractivity contribution in [2.75, 3.05) is 5.88 Å². The summed E-state index contributed by atoms with van der Waals surface area (Å²) < 4.78 is 10.5. The number of hydrogen-bond donors (Lipinski definition) is 2. The van der Waals surface area contributed by atoms with Gasteiger partial charge in [0.25, 0.3) is 0 Å². The van der Waals surface area contributed by atoms with Crippen LogP contribution in [0.1, 0.15) is 17.5 Å². The lowest BCUT2D eigenvalue weighted by atomic mass is 9.81. The Labute approximate surface area is 185 Å². The molecule has 0 radical (unpaired) electrons. The molecule has 162 valence electrons. The van der Waals surface area contributed by atoms with Gasteiger partial charge in [0.05, 0.1) is 0 Å². The third-order valence-corrected chi connectivity index (χ3v) is 5.08. The number of alkyl halides is 1. The third kappa shape index (κ3) is 5.41. The van der Waals surface area contributed by atoms with Gasteiger partial charge in [-0.1, -0.05) is 60.7 Å². The molecule has 2 unspecified atom stereocenters. The van der Waals surface area contributed by atoms with Crippen LogP contribution >= 0.6 is 11.6 Å². The molecule has 1 aliphatic rings. The maximum atomic E-state index is 12.7. The summed E-state index contributed by atoms with van der Waals surface area (Å²) in [5.41, 5.74) is -2.71.